The summed E-state index contributed by atoms with van der Waals surface area (Å²) < 4.78 is 1.87. The Labute approximate surface area is 192 Å². The van der Waals surface area contributed by atoms with Crippen LogP contribution in [0, 0.1) is 12.8 Å². The monoisotopic (exact) mass is 455 g/mol. The molecule has 176 valence electrons. The Morgan fingerprint density at radius 2 is 2.06 bits per heavy atom. The highest BCUT2D eigenvalue weighted by atomic mass is 16.3. The van der Waals surface area contributed by atoms with Crippen LogP contribution < -0.4 is 5.32 Å². The molecule has 3 heterocycles. The molecule has 4 rings (SSSR count). The molecule has 2 fully saturated rings. The van der Waals surface area contributed by atoms with Crippen LogP contribution in [0.25, 0.3) is 0 Å². The maximum absolute atomic E-state index is 12.7. The third-order valence-corrected chi connectivity index (χ3v) is 5.89. The summed E-state index contributed by atoms with van der Waals surface area (Å²) in [5.41, 5.74) is 1.70. The van der Waals surface area contributed by atoms with Crippen LogP contribution in [0.3, 0.4) is 0 Å². The number of aromatic nitrogens is 2. The van der Waals surface area contributed by atoms with E-state index in [4.69, 9.17) is 9.90 Å². The molecule has 1 aromatic heterocycles. The summed E-state index contributed by atoms with van der Waals surface area (Å²) in [6.45, 7) is 4.60. The van der Waals surface area contributed by atoms with Crippen LogP contribution in [0.15, 0.2) is 36.7 Å². The highest BCUT2D eigenvalue weighted by Gasteiger charge is 2.27. The molecule has 0 bridgehead atoms. The average Bonchev–Trinajstić information content (AvgIpc) is 3.43. The van der Waals surface area contributed by atoms with Gasteiger partial charge in [-0.05, 0) is 43.4 Å². The van der Waals surface area contributed by atoms with Crippen LogP contribution in [0.5, 0.6) is 0 Å². The lowest BCUT2D eigenvalue weighted by Crippen LogP contribution is -2.49. The Hall–Kier alpha value is -3.69. The quantitative estimate of drug-likeness (QED) is 0.635. The second-order valence-electron chi connectivity index (χ2n) is 8.18. The molecule has 1 atom stereocenters. The number of rotatable bonds is 5. The first-order valence-corrected chi connectivity index (χ1v) is 10.9. The number of carbonyl (C=O) groups is 4. The molecule has 2 aliphatic rings. The highest BCUT2D eigenvalue weighted by Crippen LogP contribution is 2.22. The van der Waals surface area contributed by atoms with Crippen molar-refractivity contribution in [2.75, 3.05) is 32.7 Å². The predicted octanol–water partition coefficient (Wildman–Crippen LogP) is 0.556. The lowest BCUT2D eigenvalue weighted by molar-refractivity contribution is -0.131. The van der Waals surface area contributed by atoms with Crippen molar-refractivity contribution in [1.82, 2.24) is 24.7 Å². The molecule has 33 heavy (non-hydrogen) atoms. The van der Waals surface area contributed by atoms with Crippen molar-refractivity contribution >= 4 is 24.2 Å². The van der Waals surface area contributed by atoms with Gasteiger partial charge >= 0.3 is 0 Å². The SMILES string of the molecule is Cc1nccn1CC(=O)N1CCC(Cc2cccc(C(=O)N3CCNC(=O)C3)c2)C1.O=CO. The molecular weight excluding hydrogens is 426 g/mol. The van der Waals surface area contributed by atoms with E-state index >= 15 is 0 Å². The molecule has 0 radical (unpaired) electrons. The van der Waals surface area contributed by atoms with Crippen LogP contribution >= 0.6 is 0 Å². The van der Waals surface area contributed by atoms with Gasteiger partial charge in [0.2, 0.25) is 11.8 Å². The van der Waals surface area contributed by atoms with Gasteiger partial charge < -0.3 is 24.8 Å². The fourth-order valence-electron chi connectivity index (χ4n) is 4.20. The normalized spacial score (nSPS) is 17.7. The van der Waals surface area contributed by atoms with Crippen molar-refractivity contribution in [3.05, 3.63) is 53.6 Å². The van der Waals surface area contributed by atoms with Gasteiger partial charge in [0.15, 0.2) is 0 Å². The molecule has 2 N–H and O–H groups in total. The second kappa shape index (κ2) is 11.3. The Kier molecular flexibility index (Phi) is 8.17. The molecule has 0 aliphatic carbocycles. The summed E-state index contributed by atoms with van der Waals surface area (Å²) in [7, 11) is 0. The molecule has 1 unspecified atom stereocenters. The number of hydrogen-bond donors (Lipinski definition) is 2. The third kappa shape index (κ3) is 6.41. The molecule has 10 heteroatoms. The van der Waals surface area contributed by atoms with Gasteiger partial charge in [0, 0.05) is 44.1 Å². The Bertz CT molecular complexity index is 1000. The zero-order valence-corrected chi connectivity index (χ0v) is 18.6. The summed E-state index contributed by atoms with van der Waals surface area (Å²) in [4.78, 5) is 53.0. The van der Waals surface area contributed by atoms with Crippen LogP contribution in [-0.2, 0) is 27.3 Å². The number of amides is 3. The minimum atomic E-state index is -0.250. The Morgan fingerprint density at radius 1 is 1.27 bits per heavy atom. The largest absolute Gasteiger partial charge is 0.483 e. The van der Waals surface area contributed by atoms with E-state index in [2.05, 4.69) is 10.3 Å². The number of nitrogens with one attached hydrogen (secondary N) is 1. The van der Waals surface area contributed by atoms with E-state index < -0.39 is 0 Å². The molecule has 10 nitrogen and oxygen atoms in total. The van der Waals surface area contributed by atoms with Gasteiger partial charge in [-0.1, -0.05) is 12.1 Å². The number of nitrogens with zero attached hydrogens (tertiary/aromatic N) is 4. The lowest BCUT2D eigenvalue weighted by Gasteiger charge is -2.26. The summed E-state index contributed by atoms with van der Waals surface area (Å²) in [6, 6.07) is 7.65. The van der Waals surface area contributed by atoms with Crippen LogP contribution in [0.4, 0.5) is 0 Å². The molecular formula is C23H29N5O5. The summed E-state index contributed by atoms with van der Waals surface area (Å²) in [6.07, 6.45) is 5.32. The second-order valence-corrected chi connectivity index (χ2v) is 8.18. The number of hydrogen-bond acceptors (Lipinski definition) is 5. The van der Waals surface area contributed by atoms with Crippen molar-refractivity contribution in [2.24, 2.45) is 5.92 Å². The first-order chi connectivity index (χ1) is 15.9. The van der Waals surface area contributed by atoms with E-state index in [1.54, 1.807) is 17.2 Å². The van der Waals surface area contributed by atoms with Crippen LogP contribution in [0.2, 0.25) is 0 Å². The van der Waals surface area contributed by atoms with E-state index in [0.717, 1.165) is 37.3 Å². The van der Waals surface area contributed by atoms with Crippen molar-refractivity contribution < 1.29 is 24.3 Å². The smallest absolute Gasteiger partial charge is 0.290 e. The predicted molar refractivity (Wildman–Crippen MR) is 119 cm³/mol. The van der Waals surface area contributed by atoms with Gasteiger partial charge in [0.1, 0.15) is 12.4 Å². The van der Waals surface area contributed by atoms with Gasteiger partial charge in [-0.3, -0.25) is 19.2 Å². The summed E-state index contributed by atoms with van der Waals surface area (Å²) >= 11 is 0. The molecule has 1 aromatic carbocycles. The van der Waals surface area contributed by atoms with Crippen LogP contribution in [0.1, 0.15) is 28.2 Å². The van der Waals surface area contributed by atoms with E-state index in [1.165, 1.54) is 0 Å². The van der Waals surface area contributed by atoms with E-state index in [-0.39, 0.29) is 30.7 Å². The lowest BCUT2D eigenvalue weighted by atomic mass is 9.97. The number of carboxylic acid groups (broad SMARTS) is 1. The maximum Gasteiger partial charge on any atom is 0.290 e. The Balaban J connectivity index is 0.000000968. The molecule has 0 spiro atoms. The third-order valence-electron chi connectivity index (χ3n) is 5.89. The first kappa shape index (κ1) is 24.0. The van der Waals surface area contributed by atoms with Crippen molar-refractivity contribution in [1.29, 1.82) is 0 Å². The standard InChI is InChI=1S/C22H27N5O3.CH2O2/c1-16-23-6-9-25(16)15-21(29)26-8-5-18(13-26)11-17-3-2-4-19(12-17)22(30)27-10-7-24-20(28)14-27;2-1-3/h2-4,6,9,12,18H,5,7-8,10-11,13-15H2,1H3,(H,24,28);1H,(H,2,3). The summed E-state index contributed by atoms with van der Waals surface area (Å²) in [5.74, 6) is 1.11. The fourth-order valence-corrected chi connectivity index (χ4v) is 4.20. The molecule has 3 amide bonds. The zero-order valence-electron chi connectivity index (χ0n) is 18.6. The maximum atomic E-state index is 12.7. The molecule has 2 aliphatic heterocycles. The topological polar surface area (TPSA) is 125 Å². The minimum absolute atomic E-state index is 0.106. The number of piperazine rings is 1. The molecule has 2 aromatic rings. The fraction of sp³-hybridized carbons (Fsp3) is 0.435. The van der Waals surface area contributed by atoms with Crippen molar-refractivity contribution in [2.45, 2.75) is 26.3 Å². The molecule has 2 saturated heterocycles. The van der Waals surface area contributed by atoms with Crippen LogP contribution in [-0.4, -0.2) is 81.4 Å². The number of likely N-dealkylation sites (tertiary alicyclic amines) is 1. The number of benzene rings is 1. The number of carbonyl (C=O) groups excluding carboxylic acids is 3. The van der Waals surface area contributed by atoms with Crippen molar-refractivity contribution in [3.63, 3.8) is 0 Å². The van der Waals surface area contributed by atoms with Crippen molar-refractivity contribution in [3.8, 4) is 0 Å². The van der Waals surface area contributed by atoms with E-state index in [1.807, 2.05) is 40.8 Å². The van der Waals surface area contributed by atoms with Gasteiger partial charge in [-0.2, -0.15) is 0 Å². The van der Waals surface area contributed by atoms with E-state index in [9.17, 15) is 14.4 Å². The zero-order chi connectivity index (χ0) is 23.8. The number of aryl methyl sites for hydroxylation is 1. The van der Waals surface area contributed by atoms with Gasteiger partial charge in [0.25, 0.3) is 12.4 Å². The molecule has 0 saturated carbocycles. The minimum Gasteiger partial charge on any atom is -0.483 e. The summed E-state index contributed by atoms with van der Waals surface area (Å²) in [5, 5.41) is 9.63. The van der Waals surface area contributed by atoms with Gasteiger partial charge in [-0.25, -0.2) is 4.98 Å². The average molecular weight is 456 g/mol. The number of imidazole rings is 1. The Morgan fingerprint density at radius 3 is 2.76 bits per heavy atom. The first-order valence-electron chi connectivity index (χ1n) is 10.9. The van der Waals surface area contributed by atoms with E-state index in [0.29, 0.717) is 31.1 Å². The van der Waals surface area contributed by atoms with Gasteiger partial charge in [-0.15, -0.1) is 0 Å². The van der Waals surface area contributed by atoms with Gasteiger partial charge in [0.05, 0.1) is 6.54 Å². The highest BCUT2D eigenvalue weighted by molar-refractivity contribution is 5.97.